The van der Waals surface area contributed by atoms with Crippen molar-refractivity contribution in [1.82, 2.24) is 0 Å². The first-order valence-electron chi connectivity index (χ1n) is 6.56. The fourth-order valence-electron chi connectivity index (χ4n) is 2.11. The first-order chi connectivity index (χ1) is 10.1. The van der Waals surface area contributed by atoms with Crippen molar-refractivity contribution in [2.24, 2.45) is 0 Å². The lowest BCUT2D eigenvalue weighted by molar-refractivity contribution is -0.136. The third kappa shape index (κ3) is 3.92. The van der Waals surface area contributed by atoms with Crippen molar-refractivity contribution in [3.05, 3.63) is 65.2 Å². The van der Waals surface area contributed by atoms with Gasteiger partial charge in [-0.1, -0.05) is 36.4 Å². The second-order valence-electron chi connectivity index (χ2n) is 4.69. The van der Waals surface area contributed by atoms with Crippen LogP contribution >= 0.6 is 0 Å². The lowest BCUT2D eigenvalue weighted by atomic mass is 10.0. The third-order valence-electron chi connectivity index (χ3n) is 3.15. The van der Waals surface area contributed by atoms with E-state index in [0.717, 1.165) is 11.1 Å². The Morgan fingerprint density at radius 1 is 0.952 bits per heavy atom. The molecule has 4 nitrogen and oxygen atoms in total. The number of hydrogen-bond acceptors (Lipinski definition) is 3. The number of methoxy groups -OCH3 is 1. The summed E-state index contributed by atoms with van der Waals surface area (Å²) in [6.45, 7) is 0. The van der Waals surface area contributed by atoms with Crippen molar-refractivity contribution < 1.29 is 19.4 Å². The highest BCUT2D eigenvalue weighted by atomic mass is 16.5. The van der Waals surface area contributed by atoms with E-state index in [-0.39, 0.29) is 18.6 Å². The van der Waals surface area contributed by atoms with Gasteiger partial charge in [-0.05, 0) is 23.3 Å². The summed E-state index contributed by atoms with van der Waals surface area (Å²) in [5, 5.41) is 8.72. The number of rotatable bonds is 6. The Balaban J connectivity index is 2.10. The number of ketones is 1. The molecule has 108 valence electrons. The van der Waals surface area contributed by atoms with E-state index in [1.807, 2.05) is 6.07 Å². The van der Waals surface area contributed by atoms with Crippen molar-refractivity contribution in [3.8, 4) is 5.75 Å². The minimum Gasteiger partial charge on any atom is -0.496 e. The smallest absolute Gasteiger partial charge is 0.307 e. The maximum absolute atomic E-state index is 12.3. The van der Waals surface area contributed by atoms with E-state index in [4.69, 9.17) is 9.84 Å². The predicted octanol–water partition coefficient (Wildman–Crippen LogP) is 2.75. The number of benzene rings is 2. The molecule has 0 atom stereocenters. The Bertz CT molecular complexity index is 644. The molecule has 2 rings (SSSR count). The van der Waals surface area contributed by atoms with Gasteiger partial charge >= 0.3 is 5.97 Å². The van der Waals surface area contributed by atoms with Crippen molar-refractivity contribution in [3.63, 3.8) is 0 Å². The van der Waals surface area contributed by atoms with Gasteiger partial charge in [-0.3, -0.25) is 9.59 Å². The van der Waals surface area contributed by atoms with Crippen LogP contribution in [0.4, 0.5) is 0 Å². The molecule has 0 aliphatic carbocycles. The molecule has 1 N–H and O–H groups in total. The van der Waals surface area contributed by atoms with E-state index in [1.165, 1.54) is 7.11 Å². The van der Waals surface area contributed by atoms with Gasteiger partial charge in [-0.15, -0.1) is 0 Å². The van der Waals surface area contributed by atoms with Crippen LogP contribution in [0.3, 0.4) is 0 Å². The van der Waals surface area contributed by atoms with Gasteiger partial charge in [0.1, 0.15) is 5.75 Å². The molecule has 0 saturated carbocycles. The second kappa shape index (κ2) is 6.70. The van der Waals surface area contributed by atoms with E-state index >= 15 is 0 Å². The Labute approximate surface area is 123 Å². The van der Waals surface area contributed by atoms with Crippen LogP contribution in [-0.4, -0.2) is 24.0 Å². The SMILES string of the molecule is COc1ccccc1C(=O)Cc1ccc(CC(=O)O)cc1. The Kier molecular flexibility index (Phi) is 4.72. The number of carbonyl (C=O) groups is 2. The monoisotopic (exact) mass is 284 g/mol. The summed E-state index contributed by atoms with van der Waals surface area (Å²) >= 11 is 0. The van der Waals surface area contributed by atoms with Gasteiger partial charge < -0.3 is 9.84 Å². The van der Waals surface area contributed by atoms with E-state index in [2.05, 4.69) is 0 Å². The van der Waals surface area contributed by atoms with Crippen LogP contribution in [-0.2, 0) is 17.6 Å². The molecule has 0 radical (unpaired) electrons. The first-order valence-corrected chi connectivity index (χ1v) is 6.56. The molecule has 0 saturated heterocycles. The molecular formula is C17H16O4. The zero-order chi connectivity index (χ0) is 15.2. The van der Waals surface area contributed by atoms with Gasteiger partial charge in [-0.2, -0.15) is 0 Å². The summed E-state index contributed by atoms with van der Waals surface area (Å²) in [6.07, 6.45) is 0.245. The van der Waals surface area contributed by atoms with Crippen molar-refractivity contribution >= 4 is 11.8 Å². The van der Waals surface area contributed by atoms with Crippen molar-refractivity contribution in [2.45, 2.75) is 12.8 Å². The van der Waals surface area contributed by atoms with Gasteiger partial charge in [-0.25, -0.2) is 0 Å². The predicted molar refractivity (Wildman–Crippen MR) is 78.8 cm³/mol. The highest BCUT2D eigenvalue weighted by molar-refractivity contribution is 5.99. The molecule has 2 aromatic rings. The summed E-state index contributed by atoms with van der Waals surface area (Å²) in [7, 11) is 1.53. The Morgan fingerprint density at radius 3 is 2.10 bits per heavy atom. The van der Waals surface area contributed by atoms with Crippen molar-refractivity contribution in [1.29, 1.82) is 0 Å². The van der Waals surface area contributed by atoms with Crippen LogP contribution < -0.4 is 4.74 Å². The molecule has 2 aromatic carbocycles. The molecule has 0 amide bonds. The van der Waals surface area contributed by atoms with Crippen molar-refractivity contribution in [2.75, 3.05) is 7.11 Å². The topological polar surface area (TPSA) is 63.6 Å². The quantitative estimate of drug-likeness (QED) is 0.828. The molecule has 0 spiro atoms. The lowest BCUT2D eigenvalue weighted by Gasteiger charge is -2.07. The number of Topliss-reactive ketones (excluding diaryl/α,β-unsaturated/α-hetero) is 1. The van der Waals surface area contributed by atoms with Crippen LogP contribution in [0.2, 0.25) is 0 Å². The van der Waals surface area contributed by atoms with Gasteiger partial charge in [0, 0.05) is 6.42 Å². The average molecular weight is 284 g/mol. The van der Waals surface area contributed by atoms with Crippen LogP contribution in [0.15, 0.2) is 48.5 Å². The van der Waals surface area contributed by atoms with Gasteiger partial charge in [0.15, 0.2) is 5.78 Å². The number of hydrogen-bond donors (Lipinski definition) is 1. The van der Waals surface area contributed by atoms with Gasteiger partial charge in [0.05, 0.1) is 19.1 Å². The van der Waals surface area contributed by atoms with Gasteiger partial charge in [0.25, 0.3) is 0 Å². The molecule has 4 heteroatoms. The summed E-state index contributed by atoms with van der Waals surface area (Å²) in [4.78, 5) is 22.9. The van der Waals surface area contributed by atoms with Crippen LogP contribution in [0, 0.1) is 0 Å². The van der Waals surface area contributed by atoms with E-state index < -0.39 is 5.97 Å². The molecular weight excluding hydrogens is 268 g/mol. The zero-order valence-electron chi connectivity index (χ0n) is 11.7. The molecule has 0 unspecified atom stereocenters. The number of carboxylic acid groups (broad SMARTS) is 1. The third-order valence-corrected chi connectivity index (χ3v) is 3.15. The van der Waals surface area contributed by atoms with E-state index in [1.54, 1.807) is 42.5 Å². The van der Waals surface area contributed by atoms with E-state index in [0.29, 0.717) is 11.3 Å². The normalized spacial score (nSPS) is 10.1. The van der Waals surface area contributed by atoms with E-state index in [9.17, 15) is 9.59 Å². The number of para-hydroxylation sites is 1. The fourth-order valence-corrected chi connectivity index (χ4v) is 2.11. The summed E-state index contributed by atoms with van der Waals surface area (Å²) < 4.78 is 5.18. The van der Waals surface area contributed by atoms with Crippen LogP contribution in [0.5, 0.6) is 5.75 Å². The molecule has 0 bridgehead atoms. The molecule has 0 aliphatic rings. The number of carboxylic acids is 1. The number of ether oxygens (including phenoxy) is 1. The number of carbonyl (C=O) groups excluding carboxylic acids is 1. The maximum Gasteiger partial charge on any atom is 0.307 e. The average Bonchev–Trinajstić information content (AvgIpc) is 2.48. The summed E-state index contributed by atoms with van der Waals surface area (Å²) in [5.41, 5.74) is 2.12. The zero-order valence-corrected chi connectivity index (χ0v) is 11.7. The Morgan fingerprint density at radius 2 is 1.52 bits per heavy atom. The summed E-state index contributed by atoms with van der Waals surface area (Å²) in [5.74, 6) is -0.337. The minimum absolute atomic E-state index is 0.0132. The number of aliphatic carboxylic acids is 1. The standard InChI is InChI=1S/C17H16O4/c1-21-16-5-3-2-4-14(16)15(18)10-12-6-8-13(9-7-12)11-17(19)20/h2-9H,10-11H2,1H3,(H,19,20). The lowest BCUT2D eigenvalue weighted by Crippen LogP contribution is -2.06. The summed E-state index contributed by atoms with van der Waals surface area (Å²) in [6, 6.07) is 14.1. The molecule has 0 heterocycles. The molecule has 21 heavy (non-hydrogen) atoms. The van der Waals surface area contributed by atoms with Crippen LogP contribution in [0.25, 0.3) is 0 Å². The fraction of sp³-hybridized carbons (Fsp3) is 0.176. The molecule has 0 fully saturated rings. The van der Waals surface area contributed by atoms with Gasteiger partial charge in [0.2, 0.25) is 0 Å². The highest BCUT2D eigenvalue weighted by Gasteiger charge is 2.12. The second-order valence-corrected chi connectivity index (χ2v) is 4.69. The minimum atomic E-state index is -0.868. The molecule has 0 aliphatic heterocycles. The largest absolute Gasteiger partial charge is 0.496 e. The first kappa shape index (κ1) is 14.8. The highest BCUT2D eigenvalue weighted by Crippen LogP contribution is 2.19. The Hall–Kier alpha value is -2.62. The molecule has 0 aromatic heterocycles. The maximum atomic E-state index is 12.3. The van der Waals surface area contributed by atoms with Crippen LogP contribution in [0.1, 0.15) is 21.5 Å².